The van der Waals surface area contributed by atoms with E-state index in [4.69, 9.17) is 0 Å². The maximum Gasteiger partial charge on any atom is -0.0227 e. The van der Waals surface area contributed by atoms with E-state index >= 15 is 0 Å². The van der Waals surface area contributed by atoms with Gasteiger partial charge in [0.2, 0.25) is 0 Å². The summed E-state index contributed by atoms with van der Waals surface area (Å²) in [6.45, 7) is 8.48. The van der Waals surface area contributed by atoms with Crippen LogP contribution < -0.4 is 0 Å². The maximum atomic E-state index is 2.21. The van der Waals surface area contributed by atoms with Gasteiger partial charge in [-0.3, -0.25) is 0 Å². The Hall–Kier alpha value is -1.30. The molecule has 1 aromatic carbocycles. The van der Waals surface area contributed by atoms with Gasteiger partial charge in [-0.25, -0.2) is 0 Å². The molecule has 14 heavy (non-hydrogen) atoms. The zero-order valence-corrected chi connectivity index (χ0v) is 9.46. The first kappa shape index (κ1) is 10.8. The van der Waals surface area contributed by atoms with Crippen LogP contribution in [0.4, 0.5) is 0 Å². The molecule has 0 aromatic heterocycles. The standard InChI is InChI=1S/C14H18/c1-11(2)6-5-7-14-9-8-12(3)10-13(14)4/h5-10H,1-4H3/b7-5-. The van der Waals surface area contributed by atoms with Crippen molar-refractivity contribution in [3.05, 3.63) is 52.6 Å². The smallest absolute Gasteiger partial charge is 0.0227 e. The zero-order valence-electron chi connectivity index (χ0n) is 9.46. The topological polar surface area (TPSA) is 0 Å². The van der Waals surface area contributed by atoms with E-state index in [0.29, 0.717) is 0 Å². The second-order valence-electron chi connectivity index (χ2n) is 3.96. The highest BCUT2D eigenvalue weighted by molar-refractivity contribution is 5.55. The first-order chi connectivity index (χ1) is 6.59. The van der Waals surface area contributed by atoms with Gasteiger partial charge in [0.1, 0.15) is 0 Å². The van der Waals surface area contributed by atoms with E-state index in [9.17, 15) is 0 Å². The predicted molar refractivity (Wildman–Crippen MR) is 64.4 cm³/mol. The molecule has 0 aliphatic rings. The van der Waals surface area contributed by atoms with Crippen molar-refractivity contribution in [2.45, 2.75) is 27.7 Å². The number of rotatable bonds is 2. The van der Waals surface area contributed by atoms with Crippen molar-refractivity contribution in [2.24, 2.45) is 0 Å². The van der Waals surface area contributed by atoms with Gasteiger partial charge in [0.05, 0.1) is 0 Å². The number of benzene rings is 1. The van der Waals surface area contributed by atoms with Crippen LogP contribution in [-0.2, 0) is 0 Å². The third kappa shape index (κ3) is 3.21. The van der Waals surface area contributed by atoms with Crippen molar-refractivity contribution < 1.29 is 0 Å². The van der Waals surface area contributed by atoms with Crippen LogP contribution in [0.15, 0.2) is 35.9 Å². The van der Waals surface area contributed by atoms with Crippen LogP contribution in [-0.4, -0.2) is 0 Å². The molecule has 0 bridgehead atoms. The summed E-state index contributed by atoms with van der Waals surface area (Å²) in [5.74, 6) is 0. The fourth-order valence-electron chi connectivity index (χ4n) is 1.36. The average molecular weight is 186 g/mol. The molecule has 0 amide bonds. The van der Waals surface area contributed by atoms with E-state index in [-0.39, 0.29) is 0 Å². The minimum absolute atomic E-state index is 1.30. The van der Waals surface area contributed by atoms with Crippen molar-refractivity contribution in [1.29, 1.82) is 0 Å². The molecule has 0 heteroatoms. The Morgan fingerprint density at radius 2 is 1.86 bits per heavy atom. The quantitative estimate of drug-likeness (QED) is 0.605. The molecule has 0 fully saturated rings. The van der Waals surface area contributed by atoms with Gasteiger partial charge in [-0.2, -0.15) is 0 Å². The van der Waals surface area contributed by atoms with E-state index in [0.717, 1.165) is 0 Å². The minimum atomic E-state index is 1.30. The minimum Gasteiger partial charge on any atom is -0.0764 e. The molecule has 0 atom stereocenters. The van der Waals surface area contributed by atoms with Crippen LogP contribution in [0.3, 0.4) is 0 Å². The summed E-state index contributed by atoms with van der Waals surface area (Å²) in [6.07, 6.45) is 6.38. The van der Waals surface area contributed by atoms with Crippen LogP contribution in [0.2, 0.25) is 0 Å². The zero-order chi connectivity index (χ0) is 10.6. The van der Waals surface area contributed by atoms with Crippen molar-refractivity contribution >= 4 is 6.08 Å². The molecule has 0 saturated heterocycles. The molecule has 0 unspecified atom stereocenters. The largest absolute Gasteiger partial charge is 0.0764 e. The van der Waals surface area contributed by atoms with Crippen LogP contribution in [0.1, 0.15) is 30.5 Å². The number of allylic oxidation sites excluding steroid dienone is 3. The Kier molecular flexibility index (Phi) is 3.70. The van der Waals surface area contributed by atoms with Crippen molar-refractivity contribution in [2.75, 3.05) is 0 Å². The van der Waals surface area contributed by atoms with Gasteiger partial charge >= 0.3 is 0 Å². The summed E-state index contributed by atoms with van der Waals surface area (Å²) in [4.78, 5) is 0. The van der Waals surface area contributed by atoms with Gasteiger partial charge in [0.25, 0.3) is 0 Å². The summed E-state index contributed by atoms with van der Waals surface area (Å²) >= 11 is 0. The second-order valence-corrected chi connectivity index (χ2v) is 3.96. The van der Waals surface area contributed by atoms with Crippen LogP contribution in [0.5, 0.6) is 0 Å². The molecule has 0 radical (unpaired) electrons. The Bertz CT molecular complexity index is 364. The Morgan fingerprint density at radius 1 is 1.14 bits per heavy atom. The Balaban J connectivity index is 2.87. The highest BCUT2D eigenvalue weighted by Gasteiger charge is 1.92. The molecular weight excluding hydrogens is 168 g/mol. The summed E-state index contributed by atoms with van der Waals surface area (Å²) in [7, 11) is 0. The number of aryl methyl sites for hydroxylation is 2. The van der Waals surface area contributed by atoms with Crippen LogP contribution in [0.25, 0.3) is 6.08 Å². The summed E-state index contributed by atoms with van der Waals surface area (Å²) in [5.41, 5.74) is 5.28. The normalized spacial score (nSPS) is 10.6. The van der Waals surface area contributed by atoms with Gasteiger partial charge in [-0.05, 0) is 38.8 Å². The fourth-order valence-corrected chi connectivity index (χ4v) is 1.36. The summed E-state index contributed by atoms with van der Waals surface area (Å²) in [5, 5.41) is 0. The van der Waals surface area contributed by atoms with Crippen molar-refractivity contribution in [3.8, 4) is 0 Å². The molecule has 1 aromatic rings. The molecule has 74 valence electrons. The third-order valence-electron chi connectivity index (χ3n) is 2.13. The van der Waals surface area contributed by atoms with Gasteiger partial charge in [0, 0.05) is 0 Å². The van der Waals surface area contributed by atoms with E-state index in [1.165, 1.54) is 22.3 Å². The molecule has 0 spiro atoms. The number of hydrogen-bond donors (Lipinski definition) is 0. The first-order valence-electron chi connectivity index (χ1n) is 4.98. The molecule has 1 rings (SSSR count). The fraction of sp³-hybridized carbons (Fsp3) is 0.286. The van der Waals surface area contributed by atoms with Gasteiger partial charge in [-0.15, -0.1) is 0 Å². The van der Waals surface area contributed by atoms with E-state index in [2.05, 4.69) is 64.1 Å². The lowest BCUT2D eigenvalue weighted by atomic mass is 10.1. The van der Waals surface area contributed by atoms with Crippen LogP contribution in [0, 0.1) is 13.8 Å². The SMILES string of the molecule is CC(C)=C/C=C\c1ccc(C)cc1C. The highest BCUT2D eigenvalue weighted by atomic mass is 14.0. The lowest BCUT2D eigenvalue weighted by Crippen LogP contribution is -1.81. The van der Waals surface area contributed by atoms with Gasteiger partial charge in [0.15, 0.2) is 0 Å². The Morgan fingerprint density at radius 3 is 2.43 bits per heavy atom. The molecule has 0 aliphatic heterocycles. The summed E-state index contributed by atoms with van der Waals surface area (Å²) in [6, 6.07) is 6.53. The maximum absolute atomic E-state index is 2.21. The first-order valence-corrected chi connectivity index (χ1v) is 4.98. The van der Waals surface area contributed by atoms with E-state index in [1.807, 2.05) is 0 Å². The second kappa shape index (κ2) is 4.80. The number of hydrogen-bond acceptors (Lipinski definition) is 0. The van der Waals surface area contributed by atoms with Crippen molar-refractivity contribution in [1.82, 2.24) is 0 Å². The highest BCUT2D eigenvalue weighted by Crippen LogP contribution is 2.12. The molecule has 0 saturated carbocycles. The van der Waals surface area contributed by atoms with Crippen molar-refractivity contribution in [3.63, 3.8) is 0 Å². The molecule has 0 heterocycles. The molecule has 0 N–H and O–H groups in total. The van der Waals surface area contributed by atoms with Crippen LogP contribution >= 0.6 is 0 Å². The molecule has 0 aliphatic carbocycles. The van der Waals surface area contributed by atoms with E-state index < -0.39 is 0 Å². The summed E-state index contributed by atoms with van der Waals surface area (Å²) < 4.78 is 0. The lowest BCUT2D eigenvalue weighted by molar-refractivity contribution is 1.36. The van der Waals surface area contributed by atoms with Gasteiger partial charge in [-0.1, -0.05) is 47.6 Å². The monoisotopic (exact) mass is 186 g/mol. The lowest BCUT2D eigenvalue weighted by Gasteiger charge is -2.00. The third-order valence-corrected chi connectivity index (χ3v) is 2.13. The average Bonchev–Trinajstić information content (AvgIpc) is 2.08. The van der Waals surface area contributed by atoms with Gasteiger partial charge < -0.3 is 0 Å². The van der Waals surface area contributed by atoms with E-state index in [1.54, 1.807) is 0 Å². The Labute approximate surface area is 87.0 Å². The molecule has 0 nitrogen and oxygen atoms in total. The predicted octanol–water partition coefficient (Wildman–Crippen LogP) is 4.28. The molecular formula is C14H18.